The number of amides is 1. The average molecular weight is 433 g/mol. The highest BCUT2D eigenvalue weighted by Crippen LogP contribution is 2.30. The second-order valence-corrected chi connectivity index (χ2v) is 7.72. The second-order valence-electron chi connectivity index (χ2n) is 7.72. The monoisotopic (exact) mass is 433 g/mol. The van der Waals surface area contributed by atoms with Crippen LogP contribution in [0.25, 0.3) is 11.1 Å². The second kappa shape index (κ2) is 10.2. The van der Waals surface area contributed by atoms with Crippen molar-refractivity contribution in [2.45, 2.75) is 50.8 Å². The van der Waals surface area contributed by atoms with E-state index in [1.165, 1.54) is 19.1 Å². The molecule has 0 spiro atoms. The van der Waals surface area contributed by atoms with E-state index < -0.39 is 30.5 Å². The van der Waals surface area contributed by atoms with Crippen molar-refractivity contribution in [1.29, 1.82) is 0 Å². The van der Waals surface area contributed by atoms with Gasteiger partial charge in [-0.05, 0) is 54.3 Å². The first-order valence-corrected chi connectivity index (χ1v) is 10.2. The first kappa shape index (κ1) is 23.1. The van der Waals surface area contributed by atoms with Crippen LogP contribution in [0.15, 0.2) is 42.5 Å². The first-order valence-electron chi connectivity index (χ1n) is 10.2. The molecule has 0 aromatic heterocycles. The van der Waals surface area contributed by atoms with Crippen molar-refractivity contribution in [3.05, 3.63) is 53.8 Å². The summed E-state index contributed by atoms with van der Waals surface area (Å²) in [5, 5.41) is 32.7. The lowest BCUT2D eigenvalue weighted by Crippen LogP contribution is -2.58. The Labute approximate surface area is 180 Å². The topological polar surface area (TPSA) is 108 Å². The largest absolute Gasteiger partial charge is 0.491 e. The van der Waals surface area contributed by atoms with Gasteiger partial charge in [0.2, 0.25) is 5.91 Å². The Balaban J connectivity index is 1.78. The predicted octanol–water partition coefficient (Wildman–Crippen LogP) is 1.42. The van der Waals surface area contributed by atoms with Crippen LogP contribution in [0.1, 0.15) is 19.4 Å². The third kappa shape index (κ3) is 5.80. The van der Waals surface area contributed by atoms with E-state index in [2.05, 4.69) is 5.32 Å². The fraction of sp³-hybridized carbons (Fsp3) is 0.435. The zero-order valence-corrected chi connectivity index (χ0v) is 17.5. The van der Waals surface area contributed by atoms with Crippen molar-refractivity contribution < 1.29 is 34.0 Å². The van der Waals surface area contributed by atoms with Gasteiger partial charge in [0.05, 0.1) is 6.10 Å². The predicted molar refractivity (Wildman–Crippen MR) is 112 cm³/mol. The molecule has 0 saturated carbocycles. The molecule has 0 radical (unpaired) electrons. The summed E-state index contributed by atoms with van der Waals surface area (Å²) >= 11 is 0. The van der Waals surface area contributed by atoms with E-state index in [-0.39, 0.29) is 18.3 Å². The molecule has 0 bridgehead atoms. The lowest BCUT2D eigenvalue weighted by molar-refractivity contribution is -0.222. The minimum absolute atomic E-state index is 0.0386. The van der Waals surface area contributed by atoms with Crippen LogP contribution in [0.4, 0.5) is 4.39 Å². The number of nitrogens with one attached hydrogen (secondary N) is 1. The van der Waals surface area contributed by atoms with Gasteiger partial charge >= 0.3 is 0 Å². The highest BCUT2D eigenvalue weighted by atomic mass is 19.1. The summed E-state index contributed by atoms with van der Waals surface area (Å²) in [7, 11) is 0. The van der Waals surface area contributed by atoms with Crippen LogP contribution in [0.5, 0.6) is 5.75 Å². The number of benzene rings is 2. The first-order chi connectivity index (χ1) is 14.8. The fourth-order valence-corrected chi connectivity index (χ4v) is 3.61. The van der Waals surface area contributed by atoms with Crippen LogP contribution in [0.3, 0.4) is 0 Å². The Hall–Kier alpha value is -2.52. The number of ether oxygens (including phenoxy) is 2. The molecule has 168 valence electrons. The third-order valence-corrected chi connectivity index (χ3v) is 5.35. The smallest absolute Gasteiger partial charge is 0.216 e. The molecule has 4 N–H and O–H groups in total. The molecule has 1 fully saturated rings. The van der Waals surface area contributed by atoms with Crippen LogP contribution in [0, 0.1) is 5.82 Å². The molecule has 1 aliphatic rings. The Kier molecular flexibility index (Phi) is 7.61. The van der Waals surface area contributed by atoms with Gasteiger partial charge in [0, 0.05) is 13.5 Å². The van der Waals surface area contributed by atoms with Gasteiger partial charge in [-0.25, -0.2) is 4.39 Å². The van der Waals surface area contributed by atoms with Gasteiger partial charge in [-0.2, -0.15) is 0 Å². The molecular formula is C23H28FNO6. The van der Waals surface area contributed by atoms with E-state index in [1.54, 1.807) is 31.2 Å². The summed E-state index contributed by atoms with van der Waals surface area (Å²) in [6, 6.07) is 11.6. The highest BCUT2D eigenvalue weighted by Gasteiger charge is 2.41. The van der Waals surface area contributed by atoms with E-state index in [1.807, 2.05) is 6.07 Å². The number of carbonyl (C=O) groups is 1. The summed E-state index contributed by atoms with van der Waals surface area (Å²) in [6.07, 6.45) is -4.69. The molecule has 7 nitrogen and oxygen atoms in total. The Morgan fingerprint density at radius 2 is 1.90 bits per heavy atom. The van der Waals surface area contributed by atoms with Gasteiger partial charge in [0.15, 0.2) is 0 Å². The molecule has 1 saturated heterocycles. The standard InChI is InChI=1S/C23H28FNO6/c1-13-21(27)23(29)22(28)20(31-13)12-30-18-7-6-15(8-9-25-14(2)26)19(11-18)16-4-3-5-17(24)10-16/h3-7,10-11,13,20-23,27-29H,8-9,12H2,1-2H3,(H,25,26)/t13-,20?,21+,22+,23+/m1/s1. The van der Waals surface area contributed by atoms with Crippen molar-refractivity contribution in [3.63, 3.8) is 0 Å². The molecule has 1 amide bonds. The summed E-state index contributed by atoms with van der Waals surface area (Å²) in [4.78, 5) is 11.2. The lowest BCUT2D eigenvalue weighted by atomic mass is 9.96. The Bertz CT molecular complexity index is 907. The van der Waals surface area contributed by atoms with Gasteiger partial charge in [0.1, 0.15) is 42.6 Å². The van der Waals surface area contributed by atoms with Crippen molar-refractivity contribution >= 4 is 5.91 Å². The average Bonchev–Trinajstić information content (AvgIpc) is 2.74. The lowest BCUT2D eigenvalue weighted by Gasteiger charge is -2.39. The SMILES string of the molecule is CC(=O)NCCc1ccc(OCC2O[C@H](C)[C@H](O)[C@H](O)[C@H]2O)cc1-c1cccc(F)c1. The summed E-state index contributed by atoms with van der Waals surface area (Å²) in [5.74, 6) is -0.0108. The summed E-state index contributed by atoms with van der Waals surface area (Å²) < 4.78 is 25.2. The quantitative estimate of drug-likeness (QED) is 0.526. The molecule has 0 aliphatic carbocycles. The molecule has 2 aromatic carbocycles. The van der Waals surface area contributed by atoms with E-state index >= 15 is 0 Å². The summed E-state index contributed by atoms with van der Waals surface area (Å²) in [5.41, 5.74) is 2.34. The molecule has 2 aromatic rings. The summed E-state index contributed by atoms with van der Waals surface area (Å²) in [6.45, 7) is 3.46. The van der Waals surface area contributed by atoms with Crippen LogP contribution < -0.4 is 10.1 Å². The van der Waals surface area contributed by atoms with Crippen molar-refractivity contribution in [3.8, 4) is 16.9 Å². The van der Waals surface area contributed by atoms with Crippen LogP contribution >= 0.6 is 0 Å². The van der Waals surface area contributed by atoms with Gasteiger partial charge < -0.3 is 30.1 Å². The van der Waals surface area contributed by atoms with E-state index in [4.69, 9.17) is 9.47 Å². The maximum absolute atomic E-state index is 13.8. The number of hydrogen-bond donors (Lipinski definition) is 4. The normalized spacial score (nSPS) is 25.8. The zero-order valence-electron chi connectivity index (χ0n) is 17.5. The Morgan fingerprint density at radius 3 is 2.61 bits per heavy atom. The molecule has 1 unspecified atom stereocenters. The van der Waals surface area contributed by atoms with Gasteiger partial charge in [-0.1, -0.05) is 18.2 Å². The number of aliphatic hydroxyl groups is 3. The van der Waals surface area contributed by atoms with Crippen LogP contribution in [-0.4, -0.2) is 64.9 Å². The number of rotatable bonds is 7. The van der Waals surface area contributed by atoms with Crippen molar-refractivity contribution in [2.75, 3.05) is 13.2 Å². The highest BCUT2D eigenvalue weighted by molar-refractivity contribution is 5.73. The zero-order chi connectivity index (χ0) is 22.5. The van der Waals surface area contributed by atoms with Crippen molar-refractivity contribution in [1.82, 2.24) is 5.32 Å². The maximum Gasteiger partial charge on any atom is 0.216 e. The number of halogens is 1. The molecule has 1 aliphatic heterocycles. The molecule has 3 rings (SSSR count). The Morgan fingerprint density at radius 1 is 1.13 bits per heavy atom. The molecule has 5 atom stereocenters. The van der Waals surface area contributed by atoms with Crippen LogP contribution in [-0.2, 0) is 16.0 Å². The molecule has 8 heteroatoms. The van der Waals surface area contributed by atoms with E-state index in [9.17, 15) is 24.5 Å². The van der Waals surface area contributed by atoms with Gasteiger partial charge in [-0.15, -0.1) is 0 Å². The number of aliphatic hydroxyl groups excluding tert-OH is 3. The molecule has 31 heavy (non-hydrogen) atoms. The van der Waals surface area contributed by atoms with Gasteiger partial charge in [0.25, 0.3) is 0 Å². The third-order valence-electron chi connectivity index (χ3n) is 5.35. The maximum atomic E-state index is 13.8. The van der Waals surface area contributed by atoms with E-state index in [0.29, 0.717) is 24.3 Å². The van der Waals surface area contributed by atoms with Gasteiger partial charge in [-0.3, -0.25) is 4.79 Å². The van der Waals surface area contributed by atoms with E-state index in [0.717, 1.165) is 11.1 Å². The molecule has 1 heterocycles. The van der Waals surface area contributed by atoms with Crippen molar-refractivity contribution in [2.24, 2.45) is 0 Å². The van der Waals surface area contributed by atoms with Crippen LogP contribution in [0.2, 0.25) is 0 Å². The number of carbonyl (C=O) groups excluding carboxylic acids is 1. The number of hydrogen-bond acceptors (Lipinski definition) is 6. The minimum Gasteiger partial charge on any atom is -0.491 e. The fourth-order valence-electron chi connectivity index (χ4n) is 3.61. The minimum atomic E-state index is -1.32. The molecular weight excluding hydrogens is 405 g/mol.